The summed E-state index contributed by atoms with van der Waals surface area (Å²) in [5.41, 5.74) is 4.60. The van der Waals surface area contributed by atoms with E-state index in [2.05, 4.69) is 26.7 Å². The molecule has 0 amide bonds. The van der Waals surface area contributed by atoms with E-state index in [1.165, 1.54) is 17.7 Å². The van der Waals surface area contributed by atoms with Crippen molar-refractivity contribution >= 4 is 21.9 Å². The maximum Gasteiger partial charge on any atom is 0.124 e. The summed E-state index contributed by atoms with van der Waals surface area (Å²) < 4.78 is 15.7. The van der Waals surface area contributed by atoms with Gasteiger partial charge < -0.3 is 4.57 Å². The summed E-state index contributed by atoms with van der Waals surface area (Å²) in [6, 6.07) is 14.9. The minimum absolute atomic E-state index is 0.257. The number of aryl methyl sites for hydroxylation is 1. The van der Waals surface area contributed by atoms with Crippen molar-refractivity contribution in [2.75, 3.05) is 0 Å². The molecular formula is C18H14FN3. The molecule has 0 saturated heterocycles. The molecule has 4 rings (SSSR count). The number of halogens is 1. The molecule has 0 aliphatic heterocycles. The SMILES string of the molecule is Cc1nc2ccc(F)cc2c2c1ncn2Cc1ccccc1. The van der Waals surface area contributed by atoms with Crippen molar-refractivity contribution in [2.24, 2.45) is 0 Å². The zero-order chi connectivity index (χ0) is 15.1. The first-order valence-corrected chi connectivity index (χ1v) is 7.17. The van der Waals surface area contributed by atoms with Crippen molar-refractivity contribution in [1.82, 2.24) is 14.5 Å². The van der Waals surface area contributed by atoms with Crippen molar-refractivity contribution in [3.63, 3.8) is 0 Å². The summed E-state index contributed by atoms with van der Waals surface area (Å²) >= 11 is 0. The van der Waals surface area contributed by atoms with Crippen LogP contribution in [0.4, 0.5) is 4.39 Å². The molecule has 4 aromatic rings. The Labute approximate surface area is 127 Å². The molecule has 2 aromatic heterocycles. The first kappa shape index (κ1) is 13.0. The van der Waals surface area contributed by atoms with Crippen molar-refractivity contribution in [3.8, 4) is 0 Å². The highest BCUT2D eigenvalue weighted by molar-refractivity contribution is 6.03. The zero-order valence-corrected chi connectivity index (χ0v) is 12.1. The number of benzene rings is 2. The van der Waals surface area contributed by atoms with Crippen LogP contribution < -0.4 is 0 Å². The summed E-state index contributed by atoms with van der Waals surface area (Å²) in [6.07, 6.45) is 1.80. The van der Waals surface area contributed by atoms with Crippen LogP contribution in [0.5, 0.6) is 0 Å². The first-order chi connectivity index (χ1) is 10.7. The lowest BCUT2D eigenvalue weighted by Crippen LogP contribution is -1.99. The molecule has 2 heterocycles. The van der Waals surface area contributed by atoms with Gasteiger partial charge in [0.15, 0.2) is 0 Å². The van der Waals surface area contributed by atoms with Crippen LogP contribution in [-0.4, -0.2) is 14.5 Å². The number of aromatic nitrogens is 3. The summed E-state index contributed by atoms with van der Waals surface area (Å²) in [4.78, 5) is 8.99. The molecular weight excluding hydrogens is 277 g/mol. The van der Waals surface area contributed by atoms with Gasteiger partial charge in [-0.1, -0.05) is 30.3 Å². The Balaban J connectivity index is 1.99. The number of fused-ring (bicyclic) bond motifs is 3. The predicted octanol–water partition coefficient (Wildman–Crippen LogP) is 4.08. The maximum absolute atomic E-state index is 13.7. The topological polar surface area (TPSA) is 30.7 Å². The number of hydrogen-bond acceptors (Lipinski definition) is 2. The van der Waals surface area contributed by atoms with Crippen LogP contribution in [0.2, 0.25) is 0 Å². The Morgan fingerprint density at radius 3 is 2.73 bits per heavy atom. The lowest BCUT2D eigenvalue weighted by molar-refractivity contribution is 0.629. The fourth-order valence-electron chi connectivity index (χ4n) is 2.86. The average Bonchev–Trinajstić information content (AvgIpc) is 2.94. The van der Waals surface area contributed by atoms with E-state index in [0.29, 0.717) is 6.54 Å². The highest BCUT2D eigenvalue weighted by atomic mass is 19.1. The minimum Gasteiger partial charge on any atom is -0.325 e. The molecule has 4 heteroatoms. The lowest BCUT2D eigenvalue weighted by Gasteiger charge is -2.08. The molecule has 0 radical (unpaired) electrons. The Kier molecular flexibility index (Phi) is 2.89. The smallest absolute Gasteiger partial charge is 0.124 e. The van der Waals surface area contributed by atoms with Gasteiger partial charge in [-0.3, -0.25) is 4.98 Å². The Bertz CT molecular complexity index is 974. The van der Waals surface area contributed by atoms with Gasteiger partial charge in [-0.15, -0.1) is 0 Å². The third kappa shape index (κ3) is 2.04. The van der Waals surface area contributed by atoms with Crippen LogP contribution in [0.25, 0.3) is 21.9 Å². The van der Waals surface area contributed by atoms with Gasteiger partial charge in [0.2, 0.25) is 0 Å². The Hall–Kier alpha value is -2.75. The molecule has 2 aromatic carbocycles. The predicted molar refractivity (Wildman–Crippen MR) is 85.3 cm³/mol. The fourth-order valence-corrected chi connectivity index (χ4v) is 2.86. The summed E-state index contributed by atoms with van der Waals surface area (Å²) in [5, 5.41) is 0.800. The zero-order valence-electron chi connectivity index (χ0n) is 12.1. The number of imidazole rings is 1. The van der Waals surface area contributed by atoms with Gasteiger partial charge in [0.25, 0.3) is 0 Å². The molecule has 0 unspecified atom stereocenters. The van der Waals surface area contributed by atoms with Crippen molar-refractivity contribution in [2.45, 2.75) is 13.5 Å². The van der Waals surface area contributed by atoms with E-state index in [0.717, 1.165) is 27.6 Å². The van der Waals surface area contributed by atoms with E-state index >= 15 is 0 Å². The van der Waals surface area contributed by atoms with Gasteiger partial charge in [0.1, 0.15) is 11.3 Å². The molecule has 0 bridgehead atoms. The Morgan fingerprint density at radius 2 is 1.91 bits per heavy atom. The van der Waals surface area contributed by atoms with Crippen LogP contribution in [0.3, 0.4) is 0 Å². The van der Waals surface area contributed by atoms with Crippen LogP contribution in [0, 0.1) is 12.7 Å². The van der Waals surface area contributed by atoms with Gasteiger partial charge in [-0.25, -0.2) is 9.37 Å². The molecule has 0 saturated carbocycles. The lowest BCUT2D eigenvalue weighted by atomic mass is 10.1. The van der Waals surface area contributed by atoms with Crippen molar-refractivity contribution in [1.29, 1.82) is 0 Å². The van der Waals surface area contributed by atoms with Crippen LogP contribution in [0.15, 0.2) is 54.9 Å². The van der Waals surface area contributed by atoms with Crippen LogP contribution in [-0.2, 0) is 6.54 Å². The van der Waals surface area contributed by atoms with E-state index in [-0.39, 0.29) is 5.82 Å². The molecule has 0 N–H and O–H groups in total. The van der Waals surface area contributed by atoms with Gasteiger partial charge >= 0.3 is 0 Å². The summed E-state index contributed by atoms with van der Waals surface area (Å²) in [7, 11) is 0. The normalized spacial score (nSPS) is 11.4. The number of nitrogens with zero attached hydrogens (tertiary/aromatic N) is 3. The first-order valence-electron chi connectivity index (χ1n) is 7.17. The fraction of sp³-hybridized carbons (Fsp3) is 0.111. The molecule has 0 atom stereocenters. The monoisotopic (exact) mass is 291 g/mol. The maximum atomic E-state index is 13.7. The Morgan fingerprint density at radius 1 is 1.09 bits per heavy atom. The standard InChI is InChI=1S/C18H14FN3/c1-12-17-18(15-9-14(19)7-8-16(15)21-12)22(11-20-17)10-13-5-3-2-4-6-13/h2-9,11H,10H2,1H3. The molecule has 108 valence electrons. The second-order valence-electron chi connectivity index (χ2n) is 5.41. The van der Waals surface area contributed by atoms with E-state index < -0.39 is 0 Å². The van der Waals surface area contributed by atoms with Gasteiger partial charge in [0, 0.05) is 11.9 Å². The average molecular weight is 291 g/mol. The molecule has 0 aliphatic rings. The van der Waals surface area contributed by atoms with E-state index in [1.807, 2.05) is 25.1 Å². The van der Waals surface area contributed by atoms with E-state index in [4.69, 9.17) is 0 Å². The molecule has 0 fully saturated rings. The molecule has 3 nitrogen and oxygen atoms in total. The van der Waals surface area contributed by atoms with E-state index in [1.54, 1.807) is 12.4 Å². The van der Waals surface area contributed by atoms with Crippen LogP contribution >= 0.6 is 0 Å². The van der Waals surface area contributed by atoms with Gasteiger partial charge in [-0.05, 0) is 30.7 Å². The molecule has 0 spiro atoms. The second-order valence-corrected chi connectivity index (χ2v) is 5.41. The highest BCUT2D eigenvalue weighted by Crippen LogP contribution is 2.26. The summed E-state index contributed by atoms with van der Waals surface area (Å²) in [6.45, 7) is 2.64. The highest BCUT2D eigenvalue weighted by Gasteiger charge is 2.12. The third-order valence-corrected chi connectivity index (χ3v) is 3.88. The molecule has 22 heavy (non-hydrogen) atoms. The minimum atomic E-state index is -0.257. The van der Waals surface area contributed by atoms with E-state index in [9.17, 15) is 4.39 Å². The largest absolute Gasteiger partial charge is 0.325 e. The summed E-state index contributed by atoms with van der Waals surface area (Å²) in [5.74, 6) is -0.257. The molecule has 0 aliphatic carbocycles. The number of rotatable bonds is 2. The van der Waals surface area contributed by atoms with Crippen molar-refractivity contribution in [3.05, 3.63) is 71.9 Å². The number of hydrogen-bond donors (Lipinski definition) is 0. The number of pyridine rings is 1. The van der Waals surface area contributed by atoms with Gasteiger partial charge in [-0.2, -0.15) is 0 Å². The third-order valence-electron chi connectivity index (χ3n) is 3.88. The van der Waals surface area contributed by atoms with Crippen LogP contribution in [0.1, 0.15) is 11.3 Å². The van der Waals surface area contributed by atoms with Crippen molar-refractivity contribution < 1.29 is 4.39 Å². The second kappa shape index (κ2) is 4.91. The van der Waals surface area contributed by atoms with Gasteiger partial charge in [0.05, 0.1) is 23.1 Å². The quantitative estimate of drug-likeness (QED) is 0.557.